The summed E-state index contributed by atoms with van der Waals surface area (Å²) in [7, 11) is 1.67. The number of carbonyl (C=O) groups is 1. The molecule has 1 amide bonds. The summed E-state index contributed by atoms with van der Waals surface area (Å²) in [6, 6.07) is 5.48. The lowest BCUT2D eigenvalue weighted by Gasteiger charge is -2.23. The van der Waals surface area contributed by atoms with Crippen molar-refractivity contribution < 1.29 is 18.0 Å². The first-order valence-corrected chi connectivity index (χ1v) is 12.8. The van der Waals surface area contributed by atoms with E-state index in [2.05, 4.69) is 16.8 Å². The maximum atomic E-state index is 13.4. The molecule has 1 aliphatic heterocycles. The second kappa shape index (κ2) is 10.6. The van der Waals surface area contributed by atoms with Crippen molar-refractivity contribution in [2.24, 2.45) is 7.05 Å². The summed E-state index contributed by atoms with van der Waals surface area (Å²) in [4.78, 5) is 22.2. The van der Waals surface area contributed by atoms with Gasteiger partial charge in [0.2, 0.25) is 0 Å². The molecule has 1 fully saturated rings. The van der Waals surface area contributed by atoms with Gasteiger partial charge in [-0.1, -0.05) is 30.1 Å². The number of halogens is 5. The number of benzene rings is 2. The number of aryl methyl sites for hydroxylation is 2. The Labute approximate surface area is 218 Å². The zero-order valence-corrected chi connectivity index (χ0v) is 22.1. The molecule has 1 aliphatic rings. The Bertz CT molecular complexity index is 1290. The molecule has 0 radical (unpaired) electrons. The maximum absolute atomic E-state index is 13.4. The molecule has 5 nitrogen and oxygen atoms in total. The average Bonchev–Trinajstić information content (AvgIpc) is 2.97. The largest absolute Gasteiger partial charge is 0.416 e. The molecule has 4 rings (SSSR count). The highest BCUT2D eigenvalue weighted by atomic mass is 35.5. The van der Waals surface area contributed by atoms with Crippen LogP contribution in [-0.4, -0.2) is 58.0 Å². The van der Waals surface area contributed by atoms with Gasteiger partial charge in [0.1, 0.15) is 5.82 Å². The zero-order chi connectivity index (χ0) is 26.2. The van der Waals surface area contributed by atoms with Gasteiger partial charge in [0.05, 0.1) is 27.2 Å². The minimum Gasteiger partial charge on any atom is -0.337 e. The molecule has 1 aromatic heterocycles. The minimum absolute atomic E-state index is 0.146. The van der Waals surface area contributed by atoms with Gasteiger partial charge in [-0.25, -0.2) is 4.98 Å². The van der Waals surface area contributed by atoms with Crippen LogP contribution in [0.5, 0.6) is 0 Å². The highest BCUT2D eigenvalue weighted by Crippen LogP contribution is 2.35. The third kappa shape index (κ3) is 5.36. The highest BCUT2D eigenvalue weighted by Gasteiger charge is 2.32. The van der Waals surface area contributed by atoms with Crippen LogP contribution in [0.1, 0.15) is 52.6 Å². The molecule has 0 aliphatic carbocycles. The number of amides is 1. The number of fused-ring (bicyclic) bond motifs is 1. The van der Waals surface area contributed by atoms with Crippen LogP contribution in [0.15, 0.2) is 24.3 Å². The van der Waals surface area contributed by atoms with E-state index in [0.717, 1.165) is 44.6 Å². The predicted molar refractivity (Wildman–Crippen MR) is 137 cm³/mol. The van der Waals surface area contributed by atoms with Crippen molar-refractivity contribution in [1.29, 1.82) is 0 Å². The van der Waals surface area contributed by atoms with E-state index < -0.39 is 11.7 Å². The Morgan fingerprint density at radius 2 is 1.86 bits per heavy atom. The van der Waals surface area contributed by atoms with Crippen molar-refractivity contribution in [1.82, 2.24) is 19.4 Å². The van der Waals surface area contributed by atoms with E-state index >= 15 is 0 Å². The number of imidazole rings is 1. The van der Waals surface area contributed by atoms with E-state index in [1.165, 1.54) is 0 Å². The molecule has 0 unspecified atom stereocenters. The van der Waals surface area contributed by atoms with Crippen molar-refractivity contribution in [2.45, 2.75) is 39.3 Å². The topological polar surface area (TPSA) is 41.4 Å². The van der Waals surface area contributed by atoms with Crippen LogP contribution in [-0.2, 0) is 19.6 Å². The molecule has 0 saturated carbocycles. The fourth-order valence-electron chi connectivity index (χ4n) is 4.79. The first kappa shape index (κ1) is 26.8. The second-order valence-electron chi connectivity index (χ2n) is 9.30. The molecule has 0 spiro atoms. The summed E-state index contributed by atoms with van der Waals surface area (Å²) in [5.74, 6) is 0.359. The van der Waals surface area contributed by atoms with Gasteiger partial charge in [-0.3, -0.25) is 4.79 Å². The third-order valence-corrected chi connectivity index (χ3v) is 7.55. The maximum Gasteiger partial charge on any atom is 0.416 e. The molecule has 2 aromatic carbocycles. The molecule has 0 bridgehead atoms. The molecule has 3 aromatic rings. The zero-order valence-electron chi connectivity index (χ0n) is 20.6. The summed E-state index contributed by atoms with van der Waals surface area (Å²) >= 11 is 13.2. The SMILES string of the molecule is CCCN1CCCN(C(=O)c2ccc(Cl)c(Cc3nc4c(C)cc(C(F)(F)F)cc4n3C)c2Cl)CC1. The van der Waals surface area contributed by atoms with E-state index in [9.17, 15) is 18.0 Å². The van der Waals surface area contributed by atoms with E-state index in [-0.39, 0.29) is 17.4 Å². The second-order valence-corrected chi connectivity index (χ2v) is 10.1. The summed E-state index contributed by atoms with van der Waals surface area (Å²) in [6.07, 6.45) is -2.32. The molecule has 194 valence electrons. The van der Waals surface area contributed by atoms with Crippen molar-refractivity contribution >= 4 is 40.1 Å². The first-order chi connectivity index (χ1) is 17.0. The monoisotopic (exact) mass is 540 g/mol. The molecule has 10 heteroatoms. The van der Waals surface area contributed by atoms with Gasteiger partial charge < -0.3 is 14.4 Å². The Morgan fingerprint density at radius 3 is 2.56 bits per heavy atom. The standard InChI is InChI=1S/C26H29Cl2F3N4O/c1-4-8-34-9-5-10-35(12-11-34)25(36)18-6-7-20(27)19(23(18)28)15-22-32-24-16(2)13-17(26(29,30)31)14-21(24)33(22)3/h6-7,13-14H,4-5,8-12,15H2,1-3H3. The van der Waals surface area contributed by atoms with Gasteiger partial charge in [-0.2, -0.15) is 13.2 Å². The molecular formula is C26H29Cl2F3N4O. The lowest BCUT2D eigenvalue weighted by molar-refractivity contribution is -0.137. The number of carbonyl (C=O) groups excluding carboxylic acids is 1. The van der Waals surface area contributed by atoms with Gasteiger partial charge in [-0.15, -0.1) is 0 Å². The van der Waals surface area contributed by atoms with E-state index in [1.54, 1.807) is 30.7 Å². The Hall–Kier alpha value is -2.29. The fourth-order valence-corrected chi connectivity index (χ4v) is 5.38. The number of nitrogens with zero attached hydrogens (tertiary/aromatic N) is 4. The Kier molecular flexibility index (Phi) is 7.88. The first-order valence-electron chi connectivity index (χ1n) is 12.0. The van der Waals surface area contributed by atoms with Crippen LogP contribution < -0.4 is 0 Å². The molecule has 0 atom stereocenters. The normalized spacial score (nSPS) is 15.5. The summed E-state index contributed by atoms with van der Waals surface area (Å²) in [5, 5.41) is 0.628. The van der Waals surface area contributed by atoms with Gasteiger partial charge in [-0.05, 0) is 68.2 Å². The average molecular weight is 541 g/mol. The lowest BCUT2D eigenvalue weighted by atomic mass is 10.1. The molecule has 2 heterocycles. The third-order valence-electron chi connectivity index (χ3n) is 6.76. The lowest BCUT2D eigenvalue weighted by Crippen LogP contribution is -2.35. The minimum atomic E-state index is -4.45. The van der Waals surface area contributed by atoms with E-state index in [4.69, 9.17) is 23.2 Å². The van der Waals surface area contributed by atoms with Gasteiger partial charge in [0, 0.05) is 38.1 Å². The van der Waals surface area contributed by atoms with Crippen molar-refractivity contribution in [3.8, 4) is 0 Å². The molecule has 0 N–H and O–H groups in total. The van der Waals surface area contributed by atoms with Crippen LogP contribution in [0, 0.1) is 6.92 Å². The number of hydrogen-bond donors (Lipinski definition) is 0. The predicted octanol–water partition coefficient (Wildman–Crippen LogP) is 6.36. The number of hydrogen-bond acceptors (Lipinski definition) is 3. The number of aromatic nitrogens is 2. The summed E-state index contributed by atoms with van der Waals surface area (Å²) in [5.41, 5.74) is 1.47. The van der Waals surface area contributed by atoms with E-state index in [1.807, 2.05) is 4.90 Å². The Balaban J connectivity index is 1.65. The highest BCUT2D eigenvalue weighted by molar-refractivity contribution is 6.38. The molecular weight excluding hydrogens is 512 g/mol. The van der Waals surface area contributed by atoms with Crippen molar-refractivity contribution in [2.75, 3.05) is 32.7 Å². The van der Waals surface area contributed by atoms with Gasteiger partial charge in [0.25, 0.3) is 5.91 Å². The van der Waals surface area contributed by atoms with Crippen LogP contribution in [0.4, 0.5) is 13.2 Å². The van der Waals surface area contributed by atoms with Gasteiger partial charge in [0.15, 0.2) is 0 Å². The van der Waals surface area contributed by atoms with Crippen LogP contribution in [0.25, 0.3) is 11.0 Å². The van der Waals surface area contributed by atoms with Crippen LogP contribution >= 0.6 is 23.2 Å². The summed E-state index contributed by atoms with van der Waals surface area (Å²) < 4.78 is 41.6. The summed E-state index contributed by atoms with van der Waals surface area (Å²) in [6.45, 7) is 7.81. The van der Waals surface area contributed by atoms with E-state index in [0.29, 0.717) is 51.7 Å². The van der Waals surface area contributed by atoms with Crippen LogP contribution in [0.3, 0.4) is 0 Å². The van der Waals surface area contributed by atoms with Crippen molar-refractivity contribution in [3.63, 3.8) is 0 Å². The van der Waals surface area contributed by atoms with Crippen LogP contribution in [0.2, 0.25) is 10.0 Å². The quantitative estimate of drug-likeness (QED) is 0.378. The van der Waals surface area contributed by atoms with Gasteiger partial charge >= 0.3 is 6.18 Å². The molecule has 36 heavy (non-hydrogen) atoms. The fraction of sp³-hybridized carbons (Fsp3) is 0.462. The smallest absolute Gasteiger partial charge is 0.337 e. The van der Waals surface area contributed by atoms with Crippen molar-refractivity contribution in [3.05, 3.63) is 62.4 Å². The number of rotatable bonds is 5. The Morgan fingerprint density at radius 1 is 1.11 bits per heavy atom. The molecule has 1 saturated heterocycles. The number of alkyl halides is 3.